The van der Waals surface area contributed by atoms with Crippen LogP contribution in [0.3, 0.4) is 0 Å². The Labute approximate surface area is 266 Å². The Morgan fingerprint density at radius 1 is 0.381 bits per heavy atom. The van der Waals surface area contributed by atoms with Gasteiger partial charge < -0.3 is 4.74 Å². The first-order chi connectivity index (χ1) is 20.7. The van der Waals surface area contributed by atoms with Crippen LogP contribution in [0.4, 0.5) is 0 Å². The van der Waals surface area contributed by atoms with E-state index in [1.54, 1.807) is 6.92 Å². The zero-order valence-electron chi connectivity index (χ0n) is 29.3. The molecule has 0 aromatic heterocycles. The Morgan fingerprint density at radius 3 is 0.762 bits per heavy atom. The summed E-state index contributed by atoms with van der Waals surface area (Å²) in [7, 11) is 0. The minimum Gasteiger partial charge on any atom is -0.462 e. The summed E-state index contributed by atoms with van der Waals surface area (Å²) in [5, 5.41) is 0. The standard InChI is InChI=1S/C40H78O2/c1-4-5-6-7-8-9-10-11-12-13-14-15-16-17-18-19-20-21-22-23-24-25-26-27-28-29-30-31-32-33-34-35-36-37-38-42-40(41)39(2)3/h2,4-38H2,1,3H3. The van der Waals surface area contributed by atoms with Crippen LogP contribution in [0.15, 0.2) is 12.2 Å². The molecule has 0 unspecified atom stereocenters. The van der Waals surface area contributed by atoms with Gasteiger partial charge in [0.05, 0.1) is 6.61 Å². The van der Waals surface area contributed by atoms with Crippen LogP contribution in [0.5, 0.6) is 0 Å². The van der Waals surface area contributed by atoms with Crippen molar-refractivity contribution in [3.63, 3.8) is 0 Å². The van der Waals surface area contributed by atoms with Gasteiger partial charge in [-0.3, -0.25) is 0 Å². The van der Waals surface area contributed by atoms with Crippen molar-refractivity contribution < 1.29 is 9.53 Å². The van der Waals surface area contributed by atoms with Crippen molar-refractivity contribution in [2.24, 2.45) is 0 Å². The molecule has 0 aromatic rings. The number of carbonyl (C=O) groups excluding carboxylic acids is 1. The van der Waals surface area contributed by atoms with Crippen LogP contribution < -0.4 is 0 Å². The van der Waals surface area contributed by atoms with E-state index in [0.29, 0.717) is 12.2 Å². The summed E-state index contributed by atoms with van der Waals surface area (Å²) in [5.74, 6) is -0.249. The fourth-order valence-corrected chi connectivity index (χ4v) is 6.12. The van der Waals surface area contributed by atoms with E-state index >= 15 is 0 Å². The second-order valence-electron chi connectivity index (χ2n) is 13.6. The van der Waals surface area contributed by atoms with Crippen LogP contribution >= 0.6 is 0 Å². The smallest absolute Gasteiger partial charge is 0.333 e. The highest BCUT2D eigenvalue weighted by Gasteiger charge is 2.02. The van der Waals surface area contributed by atoms with E-state index in [1.165, 1.54) is 212 Å². The highest BCUT2D eigenvalue weighted by Crippen LogP contribution is 2.17. The molecule has 0 aromatic carbocycles. The lowest BCUT2D eigenvalue weighted by Crippen LogP contribution is -2.05. The Kier molecular flexibility index (Phi) is 35.7. The van der Waals surface area contributed by atoms with Gasteiger partial charge in [-0.25, -0.2) is 4.79 Å². The number of rotatable bonds is 36. The molecule has 0 amide bonds. The minimum atomic E-state index is -0.249. The van der Waals surface area contributed by atoms with E-state index in [4.69, 9.17) is 4.74 Å². The van der Waals surface area contributed by atoms with Crippen LogP contribution in [0.1, 0.15) is 232 Å². The maximum atomic E-state index is 11.3. The van der Waals surface area contributed by atoms with Crippen LogP contribution in [0, 0.1) is 0 Å². The van der Waals surface area contributed by atoms with Crippen LogP contribution in [-0.4, -0.2) is 12.6 Å². The fraction of sp³-hybridized carbons (Fsp3) is 0.925. The molecule has 0 rings (SSSR count). The molecule has 0 aliphatic heterocycles. The van der Waals surface area contributed by atoms with Gasteiger partial charge in [0.25, 0.3) is 0 Å². The Hall–Kier alpha value is -0.790. The summed E-state index contributed by atoms with van der Waals surface area (Å²) < 4.78 is 5.13. The van der Waals surface area contributed by atoms with Gasteiger partial charge in [-0.1, -0.05) is 225 Å². The molecule has 2 nitrogen and oxygen atoms in total. The number of unbranched alkanes of at least 4 members (excludes halogenated alkanes) is 33. The van der Waals surface area contributed by atoms with E-state index < -0.39 is 0 Å². The molecule has 0 saturated heterocycles. The molecule has 2 heteroatoms. The average Bonchev–Trinajstić information content (AvgIpc) is 2.99. The lowest BCUT2D eigenvalue weighted by Gasteiger charge is -2.05. The van der Waals surface area contributed by atoms with Crippen LogP contribution in [0.25, 0.3) is 0 Å². The van der Waals surface area contributed by atoms with Crippen molar-refractivity contribution in [2.45, 2.75) is 232 Å². The first-order valence-electron chi connectivity index (χ1n) is 19.5. The number of hydrogen-bond acceptors (Lipinski definition) is 2. The van der Waals surface area contributed by atoms with Crippen molar-refractivity contribution >= 4 is 5.97 Å². The zero-order chi connectivity index (χ0) is 30.6. The Morgan fingerprint density at radius 2 is 0.571 bits per heavy atom. The second-order valence-corrected chi connectivity index (χ2v) is 13.6. The summed E-state index contributed by atoms with van der Waals surface area (Å²) in [6.45, 7) is 8.16. The SMILES string of the molecule is C=C(C)C(=O)OCCCCCCCCCCCCCCCCCCCCCCCCCCCCCCCCCCCC. The lowest BCUT2D eigenvalue weighted by atomic mass is 10.0. The van der Waals surface area contributed by atoms with E-state index in [1.807, 2.05) is 0 Å². The predicted octanol–water partition coefficient (Wildman–Crippen LogP) is 14.4. The van der Waals surface area contributed by atoms with E-state index in [2.05, 4.69) is 13.5 Å². The molecule has 42 heavy (non-hydrogen) atoms. The first-order valence-corrected chi connectivity index (χ1v) is 19.5. The molecule has 0 aliphatic rings. The maximum Gasteiger partial charge on any atom is 0.333 e. The normalized spacial score (nSPS) is 11.3. The number of ether oxygens (including phenoxy) is 1. The quantitative estimate of drug-likeness (QED) is 0.0412. The van der Waals surface area contributed by atoms with Gasteiger partial charge >= 0.3 is 5.97 Å². The largest absolute Gasteiger partial charge is 0.462 e. The van der Waals surface area contributed by atoms with Crippen LogP contribution in [-0.2, 0) is 9.53 Å². The molecule has 0 heterocycles. The van der Waals surface area contributed by atoms with Gasteiger partial charge in [0.1, 0.15) is 0 Å². The lowest BCUT2D eigenvalue weighted by molar-refractivity contribution is -0.139. The zero-order valence-corrected chi connectivity index (χ0v) is 29.3. The third kappa shape index (κ3) is 35.4. The van der Waals surface area contributed by atoms with Gasteiger partial charge in [-0.05, 0) is 13.3 Å². The monoisotopic (exact) mass is 591 g/mol. The number of esters is 1. The molecule has 0 N–H and O–H groups in total. The summed E-state index contributed by atoms with van der Waals surface area (Å²) in [6.07, 6.45) is 48.5. The van der Waals surface area contributed by atoms with Gasteiger partial charge in [0.2, 0.25) is 0 Å². The van der Waals surface area contributed by atoms with Crippen LogP contribution in [0.2, 0.25) is 0 Å². The van der Waals surface area contributed by atoms with Crippen molar-refractivity contribution in [1.29, 1.82) is 0 Å². The Balaban J connectivity index is 3.06. The average molecular weight is 591 g/mol. The van der Waals surface area contributed by atoms with Gasteiger partial charge in [-0.15, -0.1) is 0 Å². The highest BCUT2D eigenvalue weighted by molar-refractivity contribution is 5.86. The summed E-state index contributed by atoms with van der Waals surface area (Å²) >= 11 is 0. The number of hydrogen-bond donors (Lipinski definition) is 0. The summed E-state index contributed by atoms with van der Waals surface area (Å²) in [6, 6.07) is 0. The molecule has 0 atom stereocenters. The molecular formula is C40H78O2. The molecule has 0 fully saturated rings. The van der Waals surface area contributed by atoms with Gasteiger partial charge in [-0.2, -0.15) is 0 Å². The molecular weight excluding hydrogens is 512 g/mol. The topological polar surface area (TPSA) is 26.3 Å². The third-order valence-corrected chi connectivity index (χ3v) is 9.08. The van der Waals surface area contributed by atoms with Gasteiger partial charge in [0, 0.05) is 5.57 Å². The van der Waals surface area contributed by atoms with Crippen molar-refractivity contribution in [1.82, 2.24) is 0 Å². The van der Waals surface area contributed by atoms with Gasteiger partial charge in [0.15, 0.2) is 0 Å². The molecule has 0 radical (unpaired) electrons. The van der Waals surface area contributed by atoms with Crippen molar-refractivity contribution in [3.8, 4) is 0 Å². The van der Waals surface area contributed by atoms with E-state index in [9.17, 15) is 4.79 Å². The van der Waals surface area contributed by atoms with E-state index in [0.717, 1.165) is 6.42 Å². The molecule has 250 valence electrons. The van der Waals surface area contributed by atoms with Crippen molar-refractivity contribution in [2.75, 3.05) is 6.61 Å². The molecule has 0 spiro atoms. The first kappa shape index (κ1) is 41.2. The molecule has 0 bridgehead atoms. The minimum absolute atomic E-state index is 0.249. The predicted molar refractivity (Wildman–Crippen MR) is 188 cm³/mol. The molecule has 0 saturated carbocycles. The summed E-state index contributed by atoms with van der Waals surface area (Å²) in [5.41, 5.74) is 0.496. The third-order valence-electron chi connectivity index (χ3n) is 9.08. The maximum absolute atomic E-state index is 11.3. The highest BCUT2D eigenvalue weighted by atomic mass is 16.5. The fourth-order valence-electron chi connectivity index (χ4n) is 6.12. The van der Waals surface area contributed by atoms with Crippen molar-refractivity contribution in [3.05, 3.63) is 12.2 Å². The Bertz CT molecular complexity index is 540. The number of carbonyl (C=O) groups is 1. The summed E-state index contributed by atoms with van der Waals surface area (Å²) in [4.78, 5) is 11.3. The van der Waals surface area contributed by atoms with E-state index in [-0.39, 0.29) is 5.97 Å². The molecule has 0 aliphatic carbocycles. The second kappa shape index (κ2) is 36.4.